The molecular formula is C21H30N4O2S. The maximum atomic E-state index is 5.94. The first-order chi connectivity index (χ1) is 13.7. The molecule has 1 aromatic heterocycles. The second kappa shape index (κ2) is 10.3. The van der Waals surface area contributed by atoms with Gasteiger partial charge in [-0.1, -0.05) is 6.07 Å². The van der Waals surface area contributed by atoms with E-state index in [1.807, 2.05) is 42.5 Å². The molecule has 1 atom stereocenters. The Bertz CT molecular complexity index is 777. The van der Waals surface area contributed by atoms with Crippen LogP contribution in [0.1, 0.15) is 17.4 Å². The molecule has 0 bridgehead atoms. The number of benzene rings is 1. The normalized spacial score (nSPS) is 15.6. The number of ether oxygens (including phenoxy) is 2. The second-order valence-corrected chi connectivity index (χ2v) is 7.88. The Morgan fingerprint density at radius 1 is 1.29 bits per heavy atom. The van der Waals surface area contributed by atoms with Gasteiger partial charge in [-0.15, -0.1) is 11.3 Å². The molecule has 0 saturated carbocycles. The molecule has 0 amide bonds. The molecule has 1 unspecified atom stereocenters. The fraction of sp³-hybridized carbons (Fsp3) is 0.476. The Kier molecular flexibility index (Phi) is 7.56. The summed E-state index contributed by atoms with van der Waals surface area (Å²) >= 11 is 1.88. The predicted octanol–water partition coefficient (Wildman–Crippen LogP) is 2.75. The van der Waals surface area contributed by atoms with Gasteiger partial charge in [-0.25, -0.2) is 0 Å². The summed E-state index contributed by atoms with van der Waals surface area (Å²) in [4.78, 5) is 8.34. The molecular weight excluding hydrogens is 372 g/mol. The molecule has 0 radical (unpaired) electrons. The molecule has 1 aliphatic heterocycles. The topological polar surface area (TPSA) is 58.1 Å². The van der Waals surface area contributed by atoms with Crippen molar-refractivity contribution in [2.75, 3.05) is 40.3 Å². The summed E-state index contributed by atoms with van der Waals surface area (Å²) < 4.78 is 11.2. The van der Waals surface area contributed by atoms with Crippen molar-refractivity contribution >= 4 is 17.3 Å². The highest BCUT2D eigenvalue weighted by Gasteiger charge is 2.16. The summed E-state index contributed by atoms with van der Waals surface area (Å²) in [5, 5.41) is 8.93. The quantitative estimate of drug-likeness (QED) is 0.525. The molecule has 1 aromatic carbocycles. The lowest BCUT2D eigenvalue weighted by Gasteiger charge is -2.27. The summed E-state index contributed by atoms with van der Waals surface area (Å²) in [6.45, 7) is 6.76. The Labute approximate surface area is 171 Å². The lowest BCUT2D eigenvalue weighted by Crippen LogP contribution is -2.44. The van der Waals surface area contributed by atoms with Gasteiger partial charge >= 0.3 is 0 Å². The first-order valence-electron chi connectivity index (χ1n) is 9.70. The van der Waals surface area contributed by atoms with Gasteiger partial charge in [0.25, 0.3) is 0 Å². The molecule has 2 heterocycles. The molecule has 2 N–H and O–H groups in total. The van der Waals surface area contributed by atoms with E-state index < -0.39 is 0 Å². The number of aliphatic imine (C=N–C) groups is 1. The van der Waals surface area contributed by atoms with Gasteiger partial charge in [0.05, 0.1) is 13.7 Å². The number of guanidine groups is 1. The van der Waals surface area contributed by atoms with Crippen LogP contribution in [0, 0.1) is 0 Å². The zero-order valence-corrected chi connectivity index (χ0v) is 17.7. The molecule has 2 aromatic rings. The van der Waals surface area contributed by atoms with Crippen molar-refractivity contribution in [3.63, 3.8) is 0 Å². The van der Waals surface area contributed by atoms with Gasteiger partial charge in [-0.05, 0) is 42.5 Å². The van der Waals surface area contributed by atoms with Gasteiger partial charge in [-0.3, -0.25) is 9.89 Å². The van der Waals surface area contributed by atoms with Crippen LogP contribution in [0.5, 0.6) is 11.5 Å². The van der Waals surface area contributed by atoms with Gasteiger partial charge in [0, 0.05) is 44.2 Å². The highest BCUT2D eigenvalue weighted by atomic mass is 32.1. The molecule has 0 spiro atoms. The largest absolute Gasteiger partial charge is 0.497 e. The van der Waals surface area contributed by atoms with Gasteiger partial charge in [0.2, 0.25) is 0 Å². The average molecular weight is 403 g/mol. The zero-order chi connectivity index (χ0) is 19.8. The minimum absolute atomic E-state index is 0.00441. The maximum Gasteiger partial charge on any atom is 0.191 e. The molecule has 1 aliphatic rings. The Morgan fingerprint density at radius 2 is 2.14 bits per heavy atom. The molecule has 7 heteroatoms. The van der Waals surface area contributed by atoms with Crippen LogP contribution in [-0.2, 0) is 13.0 Å². The minimum atomic E-state index is 0.00441. The van der Waals surface area contributed by atoms with Gasteiger partial charge in [-0.2, -0.15) is 0 Å². The van der Waals surface area contributed by atoms with Gasteiger partial charge in [0.15, 0.2) is 5.96 Å². The van der Waals surface area contributed by atoms with E-state index in [1.54, 1.807) is 19.0 Å². The van der Waals surface area contributed by atoms with Gasteiger partial charge in [0.1, 0.15) is 17.6 Å². The van der Waals surface area contributed by atoms with Crippen molar-refractivity contribution in [2.24, 2.45) is 4.99 Å². The Morgan fingerprint density at radius 3 is 2.96 bits per heavy atom. The molecule has 3 rings (SSSR count). The van der Waals surface area contributed by atoms with Crippen molar-refractivity contribution in [2.45, 2.75) is 26.0 Å². The maximum absolute atomic E-state index is 5.94. The monoisotopic (exact) mass is 402 g/mol. The highest BCUT2D eigenvalue weighted by Crippen LogP contribution is 2.23. The van der Waals surface area contributed by atoms with Crippen molar-refractivity contribution < 1.29 is 9.47 Å². The predicted molar refractivity (Wildman–Crippen MR) is 116 cm³/mol. The molecule has 0 saturated heterocycles. The number of hydrogen-bond acceptors (Lipinski definition) is 5. The molecule has 28 heavy (non-hydrogen) atoms. The number of nitrogens with one attached hydrogen (secondary N) is 2. The van der Waals surface area contributed by atoms with E-state index in [-0.39, 0.29) is 6.10 Å². The molecule has 6 nitrogen and oxygen atoms in total. The Balaban J connectivity index is 1.36. The molecule has 0 fully saturated rings. The number of methoxy groups -OCH3 is 1. The molecule has 152 valence electrons. The van der Waals surface area contributed by atoms with E-state index in [9.17, 15) is 0 Å². The van der Waals surface area contributed by atoms with Crippen molar-refractivity contribution in [1.82, 2.24) is 15.5 Å². The highest BCUT2D eigenvalue weighted by molar-refractivity contribution is 7.10. The SMILES string of the molecule is CN=C(NCCN1CCc2sccc2C1)NCC(C)Oc1cccc(OC)c1. The summed E-state index contributed by atoms with van der Waals surface area (Å²) in [7, 11) is 3.45. The number of thiophene rings is 1. The van der Waals surface area contributed by atoms with Crippen LogP contribution < -0.4 is 20.1 Å². The van der Waals surface area contributed by atoms with Crippen LogP contribution in [0.25, 0.3) is 0 Å². The smallest absolute Gasteiger partial charge is 0.191 e. The lowest BCUT2D eigenvalue weighted by atomic mass is 10.1. The second-order valence-electron chi connectivity index (χ2n) is 6.88. The van der Waals surface area contributed by atoms with E-state index in [4.69, 9.17) is 9.47 Å². The zero-order valence-electron chi connectivity index (χ0n) is 16.9. The summed E-state index contributed by atoms with van der Waals surface area (Å²) in [6, 6.07) is 9.91. The van der Waals surface area contributed by atoms with Crippen LogP contribution in [0.4, 0.5) is 0 Å². The van der Waals surface area contributed by atoms with E-state index in [1.165, 1.54) is 12.0 Å². The van der Waals surface area contributed by atoms with Gasteiger partial charge < -0.3 is 20.1 Å². The number of nitrogens with zero attached hydrogens (tertiary/aromatic N) is 2. The third-order valence-corrected chi connectivity index (χ3v) is 5.79. The number of hydrogen-bond donors (Lipinski definition) is 2. The van der Waals surface area contributed by atoms with Crippen molar-refractivity contribution in [1.29, 1.82) is 0 Å². The fourth-order valence-corrected chi connectivity index (χ4v) is 4.13. The van der Waals surface area contributed by atoms with E-state index in [0.29, 0.717) is 6.54 Å². The fourth-order valence-electron chi connectivity index (χ4n) is 3.24. The van der Waals surface area contributed by atoms with E-state index in [2.05, 4.69) is 32.0 Å². The van der Waals surface area contributed by atoms with Crippen molar-refractivity contribution in [3.05, 3.63) is 46.2 Å². The van der Waals surface area contributed by atoms with Crippen LogP contribution in [0.2, 0.25) is 0 Å². The first kappa shape index (κ1) is 20.5. The molecule has 0 aliphatic carbocycles. The van der Waals surface area contributed by atoms with E-state index >= 15 is 0 Å². The first-order valence-corrected chi connectivity index (χ1v) is 10.6. The summed E-state index contributed by atoms with van der Waals surface area (Å²) in [5.41, 5.74) is 1.49. The van der Waals surface area contributed by atoms with Crippen LogP contribution in [0.3, 0.4) is 0 Å². The van der Waals surface area contributed by atoms with Crippen LogP contribution >= 0.6 is 11.3 Å². The van der Waals surface area contributed by atoms with Crippen molar-refractivity contribution in [3.8, 4) is 11.5 Å². The standard InChI is InChI=1S/C21H30N4O2S/c1-16(27-19-6-4-5-18(13-19)26-3)14-24-21(22-2)23-9-11-25-10-7-20-17(15-25)8-12-28-20/h4-6,8,12-13,16H,7,9-11,14-15H2,1-3H3,(H2,22,23,24). The summed E-state index contributed by atoms with van der Waals surface area (Å²) in [5.74, 6) is 2.39. The number of fused-ring (bicyclic) bond motifs is 1. The summed E-state index contributed by atoms with van der Waals surface area (Å²) in [6.07, 6.45) is 1.17. The van der Waals surface area contributed by atoms with Crippen LogP contribution in [-0.4, -0.2) is 57.3 Å². The average Bonchev–Trinajstić information content (AvgIpc) is 3.18. The third-order valence-electron chi connectivity index (χ3n) is 4.77. The van der Waals surface area contributed by atoms with E-state index in [0.717, 1.165) is 43.6 Å². The third kappa shape index (κ3) is 5.87. The lowest BCUT2D eigenvalue weighted by molar-refractivity contribution is 0.222. The Hall–Kier alpha value is -2.25. The number of rotatable bonds is 8. The minimum Gasteiger partial charge on any atom is -0.497 e. The van der Waals surface area contributed by atoms with Crippen LogP contribution in [0.15, 0.2) is 40.7 Å².